The average molecular weight is 334 g/mol. The topological polar surface area (TPSA) is 45.3 Å². The number of ether oxygens (including phenoxy) is 1. The third-order valence-electron chi connectivity index (χ3n) is 5.09. The van der Waals surface area contributed by atoms with E-state index in [0.717, 1.165) is 41.6 Å². The molecule has 0 spiro atoms. The molecule has 3 aromatic rings. The highest BCUT2D eigenvalue weighted by Gasteiger charge is 2.30. The largest absolute Gasteiger partial charge is 0.497 e. The maximum Gasteiger partial charge on any atom is 0.227 e. The van der Waals surface area contributed by atoms with Crippen LogP contribution in [-0.2, 0) is 11.2 Å². The molecule has 128 valence electrons. The summed E-state index contributed by atoms with van der Waals surface area (Å²) >= 11 is 0. The molecule has 1 N–H and O–H groups in total. The lowest BCUT2D eigenvalue weighted by Crippen LogP contribution is -2.31. The second-order valence-corrected chi connectivity index (χ2v) is 6.55. The van der Waals surface area contributed by atoms with Crippen LogP contribution in [-0.4, -0.2) is 29.4 Å². The van der Waals surface area contributed by atoms with Crippen molar-refractivity contribution in [2.45, 2.75) is 25.3 Å². The van der Waals surface area contributed by atoms with Crippen molar-refractivity contribution in [1.82, 2.24) is 9.88 Å². The number of para-hydroxylation sites is 1. The van der Waals surface area contributed by atoms with E-state index in [4.69, 9.17) is 4.74 Å². The van der Waals surface area contributed by atoms with Crippen molar-refractivity contribution in [3.63, 3.8) is 0 Å². The molecule has 1 saturated heterocycles. The van der Waals surface area contributed by atoms with Gasteiger partial charge in [0.05, 0.1) is 19.6 Å². The van der Waals surface area contributed by atoms with Crippen LogP contribution in [0.5, 0.6) is 5.75 Å². The predicted molar refractivity (Wildman–Crippen MR) is 98.7 cm³/mol. The normalized spacial score (nSPS) is 17.2. The van der Waals surface area contributed by atoms with Crippen LogP contribution in [0.15, 0.2) is 54.7 Å². The summed E-state index contributed by atoms with van der Waals surface area (Å²) in [5, 5.41) is 1.14. The molecular weight excluding hydrogens is 312 g/mol. The number of nitrogens with one attached hydrogen (secondary N) is 1. The summed E-state index contributed by atoms with van der Waals surface area (Å²) < 4.78 is 5.23. The molecule has 0 unspecified atom stereocenters. The van der Waals surface area contributed by atoms with Crippen molar-refractivity contribution < 1.29 is 9.53 Å². The summed E-state index contributed by atoms with van der Waals surface area (Å²) in [6.07, 6.45) is 4.47. The zero-order chi connectivity index (χ0) is 17.2. The van der Waals surface area contributed by atoms with Crippen LogP contribution in [0.2, 0.25) is 0 Å². The van der Waals surface area contributed by atoms with Gasteiger partial charge in [-0.1, -0.05) is 30.3 Å². The van der Waals surface area contributed by atoms with E-state index in [0.29, 0.717) is 6.42 Å². The fourth-order valence-corrected chi connectivity index (χ4v) is 3.78. The molecule has 4 heteroatoms. The first-order valence-corrected chi connectivity index (χ1v) is 8.74. The molecule has 1 aliphatic heterocycles. The SMILES string of the molecule is COc1ccc([C@H]2CCCN2C(=O)Cc2c[nH]c3ccccc23)cc1. The number of amides is 1. The lowest BCUT2D eigenvalue weighted by Gasteiger charge is -2.25. The maximum atomic E-state index is 13.0. The fourth-order valence-electron chi connectivity index (χ4n) is 3.78. The molecule has 1 aromatic heterocycles. The number of rotatable bonds is 4. The van der Waals surface area contributed by atoms with E-state index < -0.39 is 0 Å². The molecule has 0 bridgehead atoms. The third kappa shape index (κ3) is 3.00. The van der Waals surface area contributed by atoms with Gasteiger partial charge in [0, 0.05) is 23.6 Å². The van der Waals surface area contributed by atoms with Crippen LogP contribution < -0.4 is 4.74 Å². The fraction of sp³-hybridized carbons (Fsp3) is 0.286. The van der Waals surface area contributed by atoms with Crippen molar-refractivity contribution in [1.29, 1.82) is 0 Å². The lowest BCUT2D eigenvalue weighted by atomic mass is 10.0. The Hall–Kier alpha value is -2.75. The van der Waals surface area contributed by atoms with E-state index in [9.17, 15) is 4.79 Å². The number of H-pyrrole nitrogens is 1. The first kappa shape index (κ1) is 15.8. The van der Waals surface area contributed by atoms with Crippen molar-refractivity contribution in [3.8, 4) is 5.75 Å². The van der Waals surface area contributed by atoms with Gasteiger partial charge < -0.3 is 14.6 Å². The Morgan fingerprint density at radius 1 is 1.20 bits per heavy atom. The Labute approximate surface area is 147 Å². The van der Waals surface area contributed by atoms with Crippen LogP contribution in [0.25, 0.3) is 10.9 Å². The van der Waals surface area contributed by atoms with Crippen LogP contribution >= 0.6 is 0 Å². The molecule has 1 fully saturated rings. The highest BCUT2D eigenvalue weighted by molar-refractivity contribution is 5.89. The number of methoxy groups -OCH3 is 1. The molecule has 25 heavy (non-hydrogen) atoms. The number of likely N-dealkylation sites (tertiary alicyclic amines) is 1. The number of fused-ring (bicyclic) bond motifs is 1. The van der Waals surface area contributed by atoms with Gasteiger partial charge in [0.15, 0.2) is 0 Å². The number of aromatic amines is 1. The molecule has 1 amide bonds. The minimum atomic E-state index is 0.170. The second kappa shape index (κ2) is 6.63. The van der Waals surface area contributed by atoms with Gasteiger partial charge in [0.1, 0.15) is 5.75 Å². The van der Waals surface area contributed by atoms with Gasteiger partial charge in [-0.25, -0.2) is 0 Å². The van der Waals surface area contributed by atoms with E-state index in [1.807, 2.05) is 41.4 Å². The van der Waals surface area contributed by atoms with Gasteiger partial charge in [-0.05, 0) is 42.2 Å². The van der Waals surface area contributed by atoms with E-state index in [1.54, 1.807) is 7.11 Å². The number of carbonyl (C=O) groups is 1. The van der Waals surface area contributed by atoms with Gasteiger partial charge in [-0.3, -0.25) is 4.79 Å². The molecule has 1 atom stereocenters. The number of carbonyl (C=O) groups excluding carboxylic acids is 1. The average Bonchev–Trinajstić information content (AvgIpc) is 3.29. The number of hydrogen-bond acceptors (Lipinski definition) is 2. The van der Waals surface area contributed by atoms with Gasteiger partial charge in [0.2, 0.25) is 5.91 Å². The van der Waals surface area contributed by atoms with Crippen LogP contribution in [0.4, 0.5) is 0 Å². The van der Waals surface area contributed by atoms with Crippen LogP contribution in [0, 0.1) is 0 Å². The number of nitrogens with zero attached hydrogens (tertiary/aromatic N) is 1. The summed E-state index contributed by atoms with van der Waals surface area (Å²) in [7, 11) is 1.67. The van der Waals surface area contributed by atoms with Gasteiger partial charge >= 0.3 is 0 Å². The summed E-state index contributed by atoms with van der Waals surface area (Å²) in [4.78, 5) is 18.2. The van der Waals surface area contributed by atoms with Crippen molar-refractivity contribution in [2.24, 2.45) is 0 Å². The Kier molecular flexibility index (Phi) is 4.18. The summed E-state index contributed by atoms with van der Waals surface area (Å²) in [5.74, 6) is 1.04. The monoisotopic (exact) mass is 334 g/mol. The Morgan fingerprint density at radius 3 is 2.80 bits per heavy atom. The number of hydrogen-bond donors (Lipinski definition) is 1. The van der Waals surface area contributed by atoms with Crippen molar-refractivity contribution in [2.75, 3.05) is 13.7 Å². The summed E-state index contributed by atoms with van der Waals surface area (Å²) in [6.45, 7) is 0.831. The third-order valence-corrected chi connectivity index (χ3v) is 5.09. The molecule has 4 rings (SSSR count). The van der Waals surface area contributed by atoms with E-state index >= 15 is 0 Å². The Bertz CT molecular complexity index is 882. The highest BCUT2D eigenvalue weighted by atomic mass is 16.5. The predicted octanol–water partition coefficient (Wildman–Crippen LogP) is 4.08. The zero-order valence-corrected chi connectivity index (χ0v) is 14.4. The second-order valence-electron chi connectivity index (χ2n) is 6.55. The smallest absolute Gasteiger partial charge is 0.227 e. The van der Waals surface area contributed by atoms with Gasteiger partial charge in [0.25, 0.3) is 0 Å². The molecule has 0 saturated carbocycles. The van der Waals surface area contributed by atoms with E-state index in [1.165, 1.54) is 5.56 Å². The zero-order valence-electron chi connectivity index (χ0n) is 14.4. The molecule has 2 heterocycles. The Balaban J connectivity index is 1.54. The molecule has 4 nitrogen and oxygen atoms in total. The Morgan fingerprint density at radius 2 is 2.00 bits per heavy atom. The first-order valence-electron chi connectivity index (χ1n) is 8.74. The van der Waals surface area contributed by atoms with E-state index in [-0.39, 0.29) is 11.9 Å². The number of aromatic nitrogens is 1. The van der Waals surface area contributed by atoms with Crippen LogP contribution in [0.1, 0.15) is 30.0 Å². The molecule has 0 radical (unpaired) electrons. The highest BCUT2D eigenvalue weighted by Crippen LogP contribution is 2.33. The molecule has 1 aliphatic rings. The summed E-state index contributed by atoms with van der Waals surface area (Å²) in [6, 6.07) is 16.4. The first-order chi connectivity index (χ1) is 12.3. The van der Waals surface area contributed by atoms with Gasteiger partial charge in [-0.15, -0.1) is 0 Å². The van der Waals surface area contributed by atoms with Crippen LogP contribution in [0.3, 0.4) is 0 Å². The van der Waals surface area contributed by atoms with Gasteiger partial charge in [-0.2, -0.15) is 0 Å². The van der Waals surface area contributed by atoms with Crippen molar-refractivity contribution >= 4 is 16.8 Å². The quantitative estimate of drug-likeness (QED) is 0.781. The number of benzene rings is 2. The van der Waals surface area contributed by atoms with Crippen molar-refractivity contribution in [3.05, 3.63) is 65.9 Å². The minimum Gasteiger partial charge on any atom is -0.497 e. The molecule has 2 aromatic carbocycles. The lowest BCUT2D eigenvalue weighted by molar-refractivity contribution is -0.131. The minimum absolute atomic E-state index is 0.170. The summed E-state index contributed by atoms with van der Waals surface area (Å²) in [5.41, 5.74) is 3.34. The molecular formula is C21H22N2O2. The maximum absolute atomic E-state index is 13.0. The van der Waals surface area contributed by atoms with E-state index in [2.05, 4.69) is 23.2 Å². The standard InChI is InChI=1S/C21H22N2O2/c1-25-17-10-8-15(9-11-17)20-7-4-12-23(20)21(24)13-16-14-22-19-6-3-2-5-18(16)19/h2-3,5-6,8-11,14,20,22H,4,7,12-13H2,1H3/t20-/m1/s1. The molecule has 0 aliphatic carbocycles.